The van der Waals surface area contributed by atoms with Crippen LogP contribution in [0.3, 0.4) is 0 Å². The van der Waals surface area contributed by atoms with Gasteiger partial charge in [0.05, 0.1) is 12.7 Å². The standard InChI is InChI=1S/C18H18N2O4/c21-17(15-7-4-8-16(19-15)18(22)23)20-9-10-24-14(12-20)11-13-5-2-1-3-6-13/h1-8,14H,9-12H2,(H,22,23). The maximum atomic E-state index is 12.6. The molecular formula is C18H18N2O4. The second-order valence-corrected chi connectivity index (χ2v) is 5.65. The lowest BCUT2D eigenvalue weighted by atomic mass is 10.1. The fourth-order valence-electron chi connectivity index (χ4n) is 2.74. The zero-order valence-corrected chi connectivity index (χ0v) is 13.1. The number of carboxylic acids is 1. The number of carboxylic acid groups (broad SMARTS) is 1. The van der Waals surface area contributed by atoms with Crippen LogP contribution in [0.15, 0.2) is 48.5 Å². The van der Waals surface area contributed by atoms with Crippen LogP contribution in [0.25, 0.3) is 0 Å². The van der Waals surface area contributed by atoms with E-state index in [1.807, 2.05) is 30.3 Å². The summed E-state index contributed by atoms with van der Waals surface area (Å²) in [5, 5.41) is 9.00. The first-order valence-electron chi connectivity index (χ1n) is 7.78. The van der Waals surface area contributed by atoms with Crippen molar-refractivity contribution in [1.29, 1.82) is 0 Å². The molecule has 1 aromatic heterocycles. The van der Waals surface area contributed by atoms with Crippen molar-refractivity contribution in [2.24, 2.45) is 0 Å². The molecule has 6 heteroatoms. The van der Waals surface area contributed by atoms with E-state index in [-0.39, 0.29) is 23.4 Å². The number of rotatable bonds is 4. The number of ether oxygens (including phenoxy) is 1. The Morgan fingerprint density at radius 1 is 1.12 bits per heavy atom. The van der Waals surface area contributed by atoms with Crippen LogP contribution in [-0.4, -0.2) is 52.7 Å². The summed E-state index contributed by atoms with van der Waals surface area (Å²) in [7, 11) is 0. The van der Waals surface area contributed by atoms with Crippen molar-refractivity contribution in [3.05, 3.63) is 65.5 Å². The maximum Gasteiger partial charge on any atom is 0.354 e. The molecule has 0 bridgehead atoms. The van der Waals surface area contributed by atoms with Crippen molar-refractivity contribution in [2.75, 3.05) is 19.7 Å². The van der Waals surface area contributed by atoms with Crippen molar-refractivity contribution in [2.45, 2.75) is 12.5 Å². The Morgan fingerprint density at radius 3 is 2.62 bits per heavy atom. The van der Waals surface area contributed by atoms with Crippen LogP contribution in [0.1, 0.15) is 26.5 Å². The fraction of sp³-hybridized carbons (Fsp3) is 0.278. The quantitative estimate of drug-likeness (QED) is 0.928. The van der Waals surface area contributed by atoms with Crippen molar-refractivity contribution in [3.8, 4) is 0 Å². The molecule has 1 aromatic carbocycles. The Balaban J connectivity index is 1.69. The number of hydrogen-bond donors (Lipinski definition) is 1. The van der Waals surface area contributed by atoms with E-state index >= 15 is 0 Å². The van der Waals surface area contributed by atoms with Crippen LogP contribution in [0.5, 0.6) is 0 Å². The molecule has 0 radical (unpaired) electrons. The molecule has 1 aliphatic rings. The molecule has 1 fully saturated rings. The van der Waals surface area contributed by atoms with Gasteiger partial charge >= 0.3 is 5.97 Å². The summed E-state index contributed by atoms with van der Waals surface area (Å²) < 4.78 is 5.75. The summed E-state index contributed by atoms with van der Waals surface area (Å²) in [6.45, 7) is 1.40. The summed E-state index contributed by atoms with van der Waals surface area (Å²) in [6.07, 6.45) is 0.653. The van der Waals surface area contributed by atoms with E-state index in [0.717, 1.165) is 12.0 Å². The fourth-order valence-corrected chi connectivity index (χ4v) is 2.74. The lowest BCUT2D eigenvalue weighted by Gasteiger charge is -2.33. The van der Waals surface area contributed by atoms with Crippen LogP contribution in [0.4, 0.5) is 0 Å². The zero-order chi connectivity index (χ0) is 16.9. The highest BCUT2D eigenvalue weighted by Crippen LogP contribution is 2.14. The highest BCUT2D eigenvalue weighted by molar-refractivity contribution is 5.94. The van der Waals surface area contributed by atoms with Gasteiger partial charge < -0.3 is 14.7 Å². The molecule has 0 saturated carbocycles. The molecule has 24 heavy (non-hydrogen) atoms. The average molecular weight is 326 g/mol. The largest absolute Gasteiger partial charge is 0.477 e. The van der Waals surface area contributed by atoms with Gasteiger partial charge in [-0.2, -0.15) is 0 Å². The summed E-state index contributed by atoms with van der Waals surface area (Å²) >= 11 is 0. The van der Waals surface area contributed by atoms with Crippen LogP contribution < -0.4 is 0 Å². The van der Waals surface area contributed by atoms with Crippen molar-refractivity contribution < 1.29 is 19.4 Å². The van der Waals surface area contributed by atoms with Gasteiger partial charge in [0.15, 0.2) is 0 Å². The molecule has 6 nitrogen and oxygen atoms in total. The van der Waals surface area contributed by atoms with Gasteiger partial charge in [-0.3, -0.25) is 4.79 Å². The summed E-state index contributed by atoms with van der Waals surface area (Å²) in [4.78, 5) is 29.2. The first-order valence-corrected chi connectivity index (χ1v) is 7.78. The number of carbonyl (C=O) groups is 2. The number of benzene rings is 1. The summed E-state index contributed by atoms with van der Waals surface area (Å²) in [5.41, 5.74) is 1.17. The highest BCUT2D eigenvalue weighted by atomic mass is 16.5. The van der Waals surface area contributed by atoms with Gasteiger partial charge in [0.25, 0.3) is 5.91 Å². The Bertz CT molecular complexity index is 733. The maximum absolute atomic E-state index is 12.6. The molecule has 1 unspecified atom stereocenters. The summed E-state index contributed by atoms with van der Waals surface area (Å²) in [6, 6.07) is 14.4. The van der Waals surface area contributed by atoms with Crippen LogP contribution in [-0.2, 0) is 11.2 Å². The third kappa shape index (κ3) is 3.78. The van der Waals surface area contributed by atoms with Gasteiger partial charge in [0.1, 0.15) is 11.4 Å². The molecule has 3 rings (SSSR count). The van der Waals surface area contributed by atoms with Crippen molar-refractivity contribution >= 4 is 11.9 Å². The number of amides is 1. The molecule has 0 aliphatic carbocycles. The van der Waals surface area contributed by atoms with E-state index in [1.54, 1.807) is 4.90 Å². The lowest BCUT2D eigenvalue weighted by molar-refractivity contribution is -0.0210. The minimum atomic E-state index is -1.14. The first-order chi connectivity index (χ1) is 11.6. The normalized spacial score (nSPS) is 17.5. The monoisotopic (exact) mass is 326 g/mol. The Hall–Kier alpha value is -2.73. The number of morpholine rings is 1. The average Bonchev–Trinajstić information content (AvgIpc) is 2.62. The van der Waals surface area contributed by atoms with E-state index in [0.29, 0.717) is 19.7 Å². The molecule has 1 N–H and O–H groups in total. The van der Waals surface area contributed by atoms with Gasteiger partial charge in [-0.05, 0) is 17.7 Å². The van der Waals surface area contributed by atoms with Gasteiger partial charge in [-0.25, -0.2) is 9.78 Å². The molecular weight excluding hydrogens is 308 g/mol. The Labute approximate surface area is 139 Å². The SMILES string of the molecule is O=C(O)c1cccc(C(=O)N2CCOC(Cc3ccccc3)C2)n1. The van der Waals surface area contributed by atoms with Crippen molar-refractivity contribution in [1.82, 2.24) is 9.88 Å². The lowest BCUT2D eigenvalue weighted by Crippen LogP contribution is -2.46. The van der Waals surface area contributed by atoms with Gasteiger partial charge in [-0.1, -0.05) is 36.4 Å². The van der Waals surface area contributed by atoms with Crippen LogP contribution >= 0.6 is 0 Å². The zero-order valence-electron chi connectivity index (χ0n) is 13.1. The second-order valence-electron chi connectivity index (χ2n) is 5.65. The van der Waals surface area contributed by atoms with Gasteiger partial charge in [0.2, 0.25) is 0 Å². The number of pyridine rings is 1. The molecule has 1 amide bonds. The van der Waals surface area contributed by atoms with E-state index in [2.05, 4.69) is 4.98 Å². The van der Waals surface area contributed by atoms with Crippen molar-refractivity contribution in [3.63, 3.8) is 0 Å². The third-order valence-electron chi connectivity index (χ3n) is 3.92. The van der Waals surface area contributed by atoms with E-state index < -0.39 is 5.97 Å². The minimum Gasteiger partial charge on any atom is -0.477 e. The first kappa shape index (κ1) is 16.1. The highest BCUT2D eigenvalue weighted by Gasteiger charge is 2.26. The van der Waals surface area contributed by atoms with Gasteiger partial charge in [0, 0.05) is 19.5 Å². The third-order valence-corrected chi connectivity index (χ3v) is 3.92. The van der Waals surface area contributed by atoms with E-state index in [4.69, 9.17) is 9.84 Å². The molecule has 124 valence electrons. The molecule has 1 saturated heterocycles. The molecule has 1 atom stereocenters. The minimum absolute atomic E-state index is 0.0762. The number of nitrogens with zero attached hydrogens (tertiary/aromatic N) is 2. The van der Waals surface area contributed by atoms with Crippen LogP contribution in [0, 0.1) is 0 Å². The van der Waals surface area contributed by atoms with E-state index in [9.17, 15) is 9.59 Å². The smallest absolute Gasteiger partial charge is 0.354 e. The topological polar surface area (TPSA) is 79.7 Å². The molecule has 2 aromatic rings. The molecule has 0 spiro atoms. The summed E-state index contributed by atoms with van der Waals surface area (Å²) in [5.74, 6) is -1.41. The number of carbonyl (C=O) groups excluding carboxylic acids is 1. The molecule has 1 aliphatic heterocycles. The number of hydrogen-bond acceptors (Lipinski definition) is 4. The second kappa shape index (κ2) is 7.23. The predicted molar refractivity (Wildman–Crippen MR) is 87.0 cm³/mol. The van der Waals surface area contributed by atoms with E-state index in [1.165, 1.54) is 18.2 Å². The number of aromatic carboxylic acids is 1. The number of aromatic nitrogens is 1. The van der Waals surface area contributed by atoms with Gasteiger partial charge in [-0.15, -0.1) is 0 Å². The van der Waals surface area contributed by atoms with Crippen LogP contribution in [0.2, 0.25) is 0 Å². The molecule has 2 heterocycles. The Kier molecular flexibility index (Phi) is 4.86. The Morgan fingerprint density at radius 2 is 1.88 bits per heavy atom. The predicted octanol–water partition coefficient (Wildman–Crippen LogP) is 1.86.